The minimum absolute atomic E-state index is 0.0884. The summed E-state index contributed by atoms with van der Waals surface area (Å²) in [6.45, 7) is 5.52. The van der Waals surface area contributed by atoms with Gasteiger partial charge in [-0.15, -0.1) is 0 Å². The number of unbranched alkanes of at least 4 members (excludes halogenated alkanes) is 2. The molecular formula is C24H40O2. The molecule has 26 heavy (non-hydrogen) atoms. The van der Waals surface area contributed by atoms with Gasteiger partial charge in [0.1, 0.15) is 0 Å². The maximum Gasteiger partial charge on any atom is 0.0577 e. The monoisotopic (exact) mass is 360 g/mol. The first-order valence-electron chi connectivity index (χ1n) is 11.5. The second kappa shape index (κ2) is 7.24. The summed E-state index contributed by atoms with van der Waals surface area (Å²) in [5, 5.41) is 19.2. The Labute approximate surface area is 160 Å². The molecule has 0 amide bonds. The van der Waals surface area contributed by atoms with Crippen molar-refractivity contribution in [3.05, 3.63) is 11.6 Å². The van der Waals surface area contributed by atoms with Crippen LogP contribution in [0.25, 0.3) is 0 Å². The molecule has 2 heteroatoms. The Morgan fingerprint density at radius 2 is 1.85 bits per heavy atom. The van der Waals surface area contributed by atoms with E-state index in [2.05, 4.69) is 19.9 Å². The molecule has 0 radical (unpaired) electrons. The van der Waals surface area contributed by atoms with Crippen LogP contribution >= 0.6 is 0 Å². The van der Waals surface area contributed by atoms with E-state index in [-0.39, 0.29) is 6.10 Å². The summed E-state index contributed by atoms with van der Waals surface area (Å²) in [7, 11) is 0. The van der Waals surface area contributed by atoms with Gasteiger partial charge in [0, 0.05) is 6.61 Å². The van der Waals surface area contributed by atoms with Crippen LogP contribution in [-0.2, 0) is 0 Å². The Hall–Kier alpha value is -0.340. The van der Waals surface area contributed by atoms with E-state index in [9.17, 15) is 5.11 Å². The second-order valence-electron chi connectivity index (χ2n) is 10.5. The van der Waals surface area contributed by atoms with Crippen LogP contribution in [0.2, 0.25) is 0 Å². The molecule has 0 saturated heterocycles. The molecule has 0 aromatic carbocycles. The largest absolute Gasteiger partial charge is 0.396 e. The molecule has 3 fully saturated rings. The highest BCUT2D eigenvalue weighted by atomic mass is 16.3. The molecule has 2 N–H and O–H groups in total. The number of hydrogen-bond acceptors (Lipinski definition) is 2. The number of fused-ring (bicyclic) bond motifs is 5. The standard InChI is InChI=1S/C24H40O2/c1-23-14-12-22-20(9-7-18-16-19(26)11-13-24(18,22)2)21(23)10-8-17(23)6-4-3-5-15-25/h7,17,19-22,25-26H,3-6,8-16H2,1-2H3/t17-,19?,20?,21?,22?,23?,24?/m0/s1. The van der Waals surface area contributed by atoms with Crippen molar-refractivity contribution >= 4 is 0 Å². The zero-order valence-electron chi connectivity index (χ0n) is 17.1. The molecule has 4 aliphatic carbocycles. The first-order chi connectivity index (χ1) is 12.5. The Balaban J connectivity index is 1.49. The number of rotatable bonds is 5. The fraction of sp³-hybridized carbons (Fsp3) is 0.917. The molecule has 0 bridgehead atoms. The van der Waals surface area contributed by atoms with Crippen molar-refractivity contribution in [3.63, 3.8) is 0 Å². The molecule has 0 aliphatic heterocycles. The first-order valence-corrected chi connectivity index (χ1v) is 11.5. The average Bonchev–Trinajstić information content (AvgIpc) is 2.96. The summed E-state index contributed by atoms with van der Waals surface area (Å²) in [6, 6.07) is 0. The minimum atomic E-state index is -0.0884. The van der Waals surface area contributed by atoms with Crippen molar-refractivity contribution in [2.75, 3.05) is 6.61 Å². The summed E-state index contributed by atoms with van der Waals surface area (Å²) in [5.41, 5.74) is 2.54. The van der Waals surface area contributed by atoms with Crippen molar-refractivity contribution in [3.8, 4) is 0 Å². The molecule has 148 valence electrons. The van der Waals surface area contributed by atoms with Gasteiger partial charge in [0.05, 0.1) is 6.10 Å². The molecule has 0 spiro atoms. The highest BCUT2D eigenvalue weighted by molar-refractivity contribution is 5.25. The topological polar surface area (TPSA) is 40.5 Å². The lowest BCUT2D eigenvalue weighted by molar-refractivity contribution is -0.0508. The van der Waals surface area contributed by atoms with Crippen molar-refractivity contribution in [1.29, 1.82) is 0 Å². The Kier molecular flexibility index (Phi) is 5.29. The van der Waals surface area contributed by atoms with E-state index in [1.54, 1.807) is 5.57 Å². The number of aliphatic hydroxyl groups is 2. The van der Waals surface area contributed by atoms with Gasteiger partial charge >= 0.3 is 0 Å². The maximum atomic E-state index is 10.1. The van der Waals surface area contributed by atoms with Gasteiger partial charge in [0.25, 0.3) is 0 Å². The van der Waals surface area contributed by atoms with Gasteiger partial charge in [-0.1, -0.05) is 38.3 Å². The highest BCUT2D eigenvalue weighted by Gasteiger charge is 2.58. The number of hydrogen-bond donors (Lipinski definition) is 2. The zero-order chi connectivity index (χ0) is 18.4. The van der Waals surface area contributed by atoms with Gasteiger partial charge in [0.2, 0.25) is 0 Å². The van der Waals surface area contributed by atoms with Crippen LogP contribution in [-0.4, -0.2) is 22.9 Å². The van der Waals surface area contributed by atoms with E-state index in [4.69, 9.17) is 5.11 Å². The quantitative estimate of drug-likeness (QED) is 0.503. The van der Waals surface area contributed by atoms with Gasteiger partial charge in [-0.05, 0) is 98.7 Å². The fourth-order valence-electron chi connectivity index (χ4n) is 7.90. The first kappa shape index (κ1) is 19.0. The van der Waals surface area contributed by atoms with Crippen molar-refractivity contribution in [2.45, 2.75) is 97.0 Å². The summed E-state index contributed by atoms with van der Waals surface area (Å²) < 4.78 is 0. The SMILES string of the molecule is CC12CCC(O)CC1=CCC1C2CCC2(C)C1CC[C@@H]2CCCCCO. The van der Waals surface area contributed by atoms with Gasteiger partial charge in [-0.25, -0.2) is 0 Å². The molecule has 0 aromatic rings. The lowest BCUT2D eigenvalue weighted by Crippen LogP contribution is -2.50. The lowest BCUT2D eigenvalue weighted by atomic mass is 9.47. The Morgan fingerprint density at radius 3 is 2.65 bits per heavy atom. The number of aliphatic hydroxyl groups excluding tert-OH is 2. The summed E-state index contributed by atoms with van der Waals surface area (Å²) in [6.07, 6.45) is 17.5. The Morgan fingerprint density at radius 1 is 1.00 bits per heavy atom. The summed E-state index contributed by atoms with van der Waals surface area (Å²) >= 11 is 0. The molecule has 4 aliphatic rings. The molecule has 0 aromatic heterocycles. The number of allylic oxidation sites excluding steroid dienone is 1. The van der Waals surface area contributed by atoms with E-state index < -0.39 is 0 Å². The molecule has 0 heterocycles. The predicted molar refractivity (Wildman–Crippen MR) is 107 cm³/mol. The van der Waals surface area contributed by atoms with Gasteiger partial charge < -0.3 is 10.2 Å². The van der Waals surface area contributed by atoms with E-state index in [1.165, 1.54) is 57.8 Å². The molecule has 6 unspecified atom stereocenters. The highest BCUT2D eigenvalue weighted by Crippen LogP contribution is 2.66. The fourth-order valence-corrected chi connectivity index (χ4v) is 7.90. The van der Waals surface area contributed by atoms with Gasteiger partial charge in [-0.2, -0.15) is 0 Å². The van der Waals surface area contributed by atoms with Gasteiger partial charge in [-0.3, -0.25) is 0 Å². The van der Waals surface area contributed by atoms with E-state index in [1.807, 2.05) is 0 Å². The van der Waals surface area contributed by atoms with Crippen molar-refractivity contribution in [2.24, 2.45) is 34.5 Å². The average molecular weight is 361 g/mol. The molecule has 3 saturated carbocycles. The summed E-state index contributed by atoms with van der Waals surface area (Å²) in [4.78, 5) is 0. The molecule has 4 rings (SSSR count). The second-order valence-corrected chi connectivity index (χ2v) is 10.5. The normalized spacial score (nSPS) is 47.7. The van der Waals surface area contributed by atoms with Crippen molar-refractivity contribution < 1.29 is 10.2 Å². The minimum Gasteiger partial charge on any atom is -0.396 e. The third-order valence-corrected chi connectivity index (χ3v) is 9.48. The molecular weight excluding hydrogens is 320 g/mol. The summed E-state index contributed by atoms with van der Waals surface area (Å²) in [5.74, 6) is 3.59. The van der Waals surface area contributed by atoms with Crippen LogP contribution < -0.4 is 0 Å². The zero-order valence-corrected chi connectivity index (χ0v) is 17.1. The predicted octanol–water partition coefficient (Wildman–Crippen LogP) is 5.48. The van der Waals surface area contributed by atoms with Crippen LogP contribution in [0.4, 0.5) is 0 Å². The van der Waals surface area contributed by atoms with E-state index in [0.717, 1.165) is 42.9 Å². The van der Waals surface area contributed by atoms with Crippen LogP contribution in [0.3, 0.4) is 0 Å². The Bertz CT molecular complexity index is 540. The van der Waals surface area contributed by atoms with Crippen LogP contribution in [0.1, 0.15) is 90.9 Å². The lowest BCUT2D eigenvalue weighted by Gasteiger charge is -2.58. The molecule has 7 atom stereocenters. The van der Waals surface area contributed by atoms with Crippen LogP contribution in [0.5, 0.6) is 0 Å². The van der Waals surface area contributed by atoms with Crippen molar-refractivity contribution in [1.82, 2.24) is 0 Å². The van der Waals surface area contributed by atoms with E-state index >= 15 is 0 Å². The van der Waals surface area contributed by atoms with Crippen LogP contribution in [0, 0.1) is 34.5 Å². The third kappa shape index (κ3) is 3.00. The third-order valence-electron chi connectivity index (χ3n) is 9.48. The van der Waals surface area contributed by atoms with E-state index in [0.29, 0.717) is 17.4 Å². The van der Waals surface area contributed by atoms with Crippen LogP contribution in [0.15, 0.2) is 11.6 Å². The maximum absolute atomic E-state index is 10.1. The smallest absolute Gasteiger partial charge is 0.0577 e. The van der Waals surface area contributed by atoms with Gasteiger partial charge in [0.15, 0.2) is 0 Å². The molecule has 2 nitrogen and oxygen atoms in total.